The minimum absolute atomic E-state index is 0.0434. The summed E-state index contributed by atoms with van der Waals surface area (Å²) in [5, 5.41) is 0. The van der Waals surface area contributed by atoms with Gasteiger partial charge in [-0.25, -0.2) is 0 Å². The Kier molecular flexibility index (Phi) is 4.78. The van der Waals surface area contributed by atoms with Crippen LogP contribution in [-0.2, 0) is 22.4 Å². The first-order valence-electron chi connectivity index (χ1n) is 9.90. The van der Waals surface area contributed by atoms with Crippen LogP contribution in [0.15, 0.2) is 24.3 Å². The SMILES string of the molecule is O=C(C1CCCCN1C(=O)C1CCc2ccccc2C1)N1CCCC1. The molecule has 2 aliphatic heterocycles. The number of likely N-dealkylation sites (tertiary alicyclic amines) is 2. The fourth-order valence-electron chi connectivity index (χ4n) is 4.74. The van der Waals surface area contributed by atoms with Gasteiger partial charge in [-0.2, -0.15) is 0 Å². The van der Waals surface area contributed by atoms with Crippen LogP contribution in [0.5, 0.6) is 0 Å². The summed E-state index contributed by atoms with van der Waals surface area (Å²) >= 11 is 0. The second-order valence-corrected chi connectivity index (χ2v) is 7.78. The van der Waals surface area contributed by atoms with Gasteiger partial charge in [-0.1, -0.05) is 24.3 Å². The lowest BCUT2D eigenvalue weighted by Gasteiger charge is -2.39. The number of nitrogens with zero attached hydrogens (tertiary/aromatic N) is 2. The van der Waals surface area contributed by atoms with Crippen molar-refractivity contribution in [1.29, 1.82) is 0 Å². The molecule has 1 aromatic rings. The highest BCUT2D eigenvalue weighted by Crippen LogP contribution is 2.30. The number of carbonyl (C=O) groups is 2. The van der Waals surface area contributed by atoms with E-state index in [1.54, 1.807) is 0 Å². The van der Waals surface area contributed by atoms with Crippen molar-refractivity contribution in [3.05, 3.63) is 35.4 Å². The zero-order valence-corrected chi connectivity index (χ0v) is 15.0. The smallest absolute Gasteiger partial charge is 0.245 e. The third-order valence-corrected chi connectivity index (χ3v) is 6.18. The molecule has 2 fully saturated rings. The molecule has 2 saturated heterocycles. The third kappa shape index (κ3) is 3.31. The molecule has 2 amide bonds. The lowest BCUT2D eigenvalue weighted by atomic mass is 9.82. The van der Waals surface area contributed by atoms with Gasteiger partial charge in [0.25, 0.3) is 0 Å². The second kappa shape index (κ2) is 7.19. The van der Waals surface area contributed by atoms with Crippen LogP contribution in [0.2, 0.25) is 0 Å². The number of aryl methyl sites for hydroxylation is 1. The van der Waals surface area contributed by atoms with Crippen LogP contribution >= 0.6 is 0 Å². The van der Waals surface area contributed by atoms with Crippen molar-refractivity contribution in [1.82, 2.24) is 9.80 Å². The van der Waals surface area contributed by atoms with Crippen LogP contribution in [0.25, 0.3) is 0 Å². The summed E-state index contributed by atoms with van der Waals surface area (Å²) in [7, 11) is 0. The van der Waals surface area contributed by atoms with Crippen LogP contribution < -0.4 is 0 Å². The van der Waals surface area contributed by atoms with E-state index in [0.717, 1.165) is 71.0 Å². The van der Waals surface area contributed by atoms with Crippen molar-refractivity contribution in [2.45, 2.75) is 57.4 Å². The number of hydrogen-bond acceptors (Lipinski definition) is 2. The van der Waals surface area contributed by atoms with Crippen LogP contribution in [0.4, 0.5) is 0 Å². The molecule has 134 valence electrons. The van der Waals surface area contributed by atoms with Gasteiger partial charge in [0.15, 0.2) is 0 Å². The molecular weight excluding hydrogens is 312 g/mol. The van der Waals surface area contributed by atoms with Gasteiger partial charge < -0.3 is 9.80 Å². The Morgan fingerprint density at radius 1 is 0.840 bits per heavy atom. The molecule has 0 N–H and O–H groups in total. The minimum atomic E-state index is -0.212. The Hall–Kier alpha value is -1.84. The van der Waals surface area contributed by atoms with Crippen LogP contribution in [0.3, 0.4) is 0 Å². The second-order valence-electron chi connectivity index (χ2n) is 7.78. The lowest BCUT2D eigenvalue weighted by Crippen LogP contribution is -2.54. The molecule has 4 heteroatoms. The van der Waals surface area contributed by atoms with Crippen LogP contribution in [-0.4, -0.2) is 47.3 Å². The molecule has 0 bridgehead atoms. The molecule has 3 aliphatic rings. The molecule has 2 heterocycles. The first-order valence-corrected chi connectivity index (χ1v) is 9.90. The Balaban J connectivity index is 1.48. The fraction of sp³-hybridized carbons (Fsp3) is 0.619. The van der Waals surface area contributed by atoms with E-state index in [0.29, 0.717) is 0 Å². The zero-order chi connectivity index (χ0) is 17.2. The van der Waals surface area contributed by atoms with Crippen molar-refractivity contribution in [2.75, 3.05) is 19.6 Å². The molecule has 4 rings (SSSR count). The maximum absolute atomic E-state index is 13.2. The highest BCUT2D eigenvalue weighted by Gasteiger charge is 2.38. The van der Waals surface area contributed by atoms with E-state index in [1.165, 1.54) is 11.1 Å². The molecule has 0 spiro atoms. The maximum Gasteiger partial charge on any atom is 0.245 e. The molecular formula is C21H28N2O2. The Morgan fingerprint density at radius 3 is 2.36 bits per heavy atom. The van der Waals surface area contributed by atoms with Gasteiger partial charge in [-0.15, -0.1) is 0 Å². The predicted molar refractivity (Wildman–Crippen MR) is 97.1 cm³/mol. The van der Waals surface area contributed by atoms with Crippen LogP contribution in [0.1, 0.15) is 49.7 Å². The van der Waals surface area contributed by atoms with E-state index in [2.05, 4.69) is 24.3 Å². The van der Waals surface area contributed by atoms with E-state index < -0.39 is 0 Å². The van der Waals surface area contributed by atoms with Gasteiger partial charge in [0.05, 0.1) is 0 Å². The third-order valence-electron chi connectivity index (χ3n) is 6.18. The molecule has 4 nitrogen and oxygen atoms in total. The van der Waals surface area contributed by atoms with Gasteiger partial charge in [0.2, 0.25) is 11.8 Å². The van der Waals surface area contributed by atoms with Crippen molar-refractivity contribution in [2.24, 2.45) is 5.92 Å². The maximum atomic E-state index is 13.2. The lowest BCUT2D eigenvalue weighted by molar-refractivity contribution is -0.149. The monoisotopic (exact) mass is 340 g/mol. The summed E-state index contributed by atoms with van der Waals surface area (Å²) in [6.07, 6.45) is 7.85. The normalized spacial score (nSPS) is 26.4. The zero-order valence-electron chi connectivity index (χ0n) is 15.0. The summed E-state index contributed by atoms with van der Waals surface area (Å²) in [5.74, 6) is 0.454. The number of piperidine rings is 1. The topological polar surface area (TPSA) is 40.6 Å². The standard InChI is InChI=1S/C21H28N2O2/c24-20(18-11-10-16-7-1-2-8-17(16)15-18)23-14-4-3-9-19(23)21(25)22-12-5-6-13-22/h1-2,7-8,18-19H,3-6,9-15H2. The Labute approximate surface area is 150 Å². The van der Waals surface area contributed by atoms with E-state index in [1.807, 2.05) is 9.80 Å². The number of benzene rings is 1. The molecule has 0 saturated carbocycles. The quantitative estimate of drug-likeness (QED) is 0.831. The molecule has 1 aromatic carbocycles. The largest absolute Gasteiger partial charge is 0.341 e. The summed E-state index contributed by atoms with van der Waals surface area (Å²) < 4.78 is 0. The van der Waals surface area contributed by atoms with Gasteiger partial charge in [-0.3, -0.25) is 9.59 Å². The average molecular weight is 340 g/mol. The summed E-state index contributed by atoms with van der Waals surface area (Å²) in [4.78, 5) is 30.1. The van der Waals surface area contributed by atoms with Gasteiger partial charge >= 0.3 is 0 Å². The number of carbonyl (C=O) groups excluding carboxylic acids is 2. The Bertz CT molecular complexity index is 651. The van der Waals surface area contributed by atoms with Crippen molar-refractivity contribution >= 4 is 11.8 Å². The highest BCUT2D eigenvalue weighted by molar-refractivity contribution is 5.89. The predicted octanol–water partition coefficient (Wildman–Crippen LogP) is 2.80. The van der Waals surface area contributed by atoms with Crippen LogP contribution in [0, 0.1) is 5.92 Å². The van der Waals surface area contributed by atoms with Gasteiger partial charge in [0, 0.05) is 25.6 Å². The fourth-order valence-corrected chi connectivity index (χ4v) is 4.74. The van der Waals surface area contributed by atoms with Gasteiger partial charge in [0.1, 0.15) is 6.04 Å². The van der Waals surface area contributed by atoms with Crippen molar-refractivity contribution in [3.63, 3.8) is 0 Å². The molecule has 0 radical (unpaired) electrons. The highest BCUT2D eigenvalue weighted by atomic mass is 16.2. The van der Waals surface area contributed by atoms with E-state index in [9.17, 15) is 9.59 Å². The first kappa shape index (κ1) is 16.6. The first-order chi connectivity index (χ1) is 12.2. The molecule has 0 aromatic heterocycles. The van der Waals surface area contributed by atoms with Crippen molar-refractivity contribution < 1.29 is 9.59 Å². The summed E-state index contributed by atoms with van der Waals surface area (Å²) in [5.41, 5.74) is 2.70. The van der Waals surface area contributed by atoms with Gasteiger partial charge in [-0.05, 0) is 62.5 Å². The van der Waals surface area contributed by atoms with E-state index in [4.69, 9.17) is 0 Å². The molecule has 25 heavy (non-hydrogen) atoms. The van der Waals surface area contributed by atoms with E-state index in [-0.39, 0.29) is 23.8 Å². The van der Waals surface area contributed by atoms with Crippen molar-refractivity contribution in [3.8, 4) is 0 Å². The number of fused-ring (bicyclic) bond motifs is 1. The number of hydrogen-bond donors (Lipinski definition) is 0. The molecule has 2 atom stereocenters. The van der Waals surface area contributed by atoms with E-state index >= 15 is 0 Å². The molecule has 1 aliphatic carbocycles. The summed E-state index contributed by atoms with van der Waals surface area (Å²) in [6.45, 7) is 2.49. The molecule has 2 unspecified atom stereocenters. The minimum Gasteiger partial charge on any atom is -0.341 e. The Morgan fingerprint density at radius 2 is 1.56 bits per heavy atom. The number of rotatable bonds is 2. The average Bonchev–Trinajstić information content (AvgIpc) is 3.21. The number of amides is 2. The summed E-state index contributed by atoms with van der Waals surface area (Å²) in [6, 6.07) is 8.26.